The van der Waals surface area contributed by atoms with Gasteiger partial charge in [0.15, 0.2) is 23.1 Å². The average molecular weight is 800 g/mol. The highest BCUT2D eigenvalue weighted by Crippen LogP contribution is 2.37. The van der Waals surface area contributed by atoms with E-state index >= 15 is 0 Å². The van der Waals surface area contributed by atoms with Crippen molar-refractivity contribution in [3.8, 4) is 39.9 Å². The molecule has 0 aliphatic carbocycles. The number of hydrogen-bond acceptors (Lipinski definition) is 4. The third-order valence-corrected chi connectivity index (χ3v) is 12.5. The number of aromatic nitrogens is 4. The fraction of sp³-hybridized carbons (Fsp3) is 0. The Balaban J connectivity index is 1.53. The molecule has 9 aromatic rings. The van der Waals surface area contributed by atoms with Crippen LogP contribution in [0.5, 0.6) is 0 Å². The molecule has 9 rings (SSSR count). The fourth-order valence-corrected chi connectivity index (χ4v) is 8.63. The van der Waals surface area contributed by atoms with E-state index < -0.39 is 0 Å². The Hall–Kier alpha value is -4.51. The zero-order chi connectivity index (χ0) is 49.9. The Bertz CT molecular complexity index is 3640. The minimum absolute atomic E-state index is 0.0125. The molecule has 68 heavy (non-hydrogen) atoms. The number of fused-ring (bicyclic) bond motifs is 6. The van der Waals surface area contributed by atoms with Crippen molar-refractivity contribution in [1.82, 2.24) is 19.5 Å². The van der Waals surface area contributed by atoms with Gasteiger partial charge < -0.3 is 8.98 Å². The highest BCUT2D eigenvalue weighted by molar-refractivity contribution is 6.74. The van der Waals surface area contributed by atoms with Crippen LogP contribution in [0.3, 0.4) is 0 Å². The summed E-state index contributed by atoms with van der Waals surface area (Å²) >= 11 is 0. The topological polar surface area (TPSA) is 56.7 Å². The predicted molar refractivity (Wildman–Crippen MR) is 307 cm³/mol. The van der Waals surface area contributed by atoms with Gasteiger partial charge in [0.2, 0.25) is 0 Å². The summed E-state index contributed by atoms with van der Waals surface area (Å²) in [6.07, 6.45) is 0. The maximum Gasteiger partial charge on any atom is 0.164 e. The van der Waals surface area contributed by atoms with Crippen LogP contribution in [-0.4, -0.2) is 208 Å². The number of nitrogens with zero attached hydrogens (tertiary/aromatic N) is 4. The van der Waals surface area contributed by atoms with Crippen molar-refractivity contribution in [3.05, 3.63) is 0 Å². The molecule has 0 saturated carbocycles. The highest BCUT2D eigenvalue weighted by atomic mass is 16.3. The first kappa shape index (κ1) is 48.5. The molecule has 0 fully saturated rings. The molecule has 5 nitrogen and oxygen atoms in total. The third kappa shape index (κ3) is 6.40. The van der Waals surface area contributed by atoms with Crippen LogP contribution in [0.2, 0.25) is 0 Å². The number of rotatable bonds is 4. The van der Waals surface area contributed by atoms with E-state index in [9.17, 15) is 0 Å². The quantitative estimate of drug-likeness (QED) is 0.166. The molecule has 6 aromatic carbocycles. The lowest BCUT2D eigenvalue weighted by atomic mass is 9.60. The van der Waals surface area contributed by atoms with Crippen LogP contribution in [0.25, 0.3) is 83.6 Å². The molecule has 254 valence electrons. The van der Waals surface area contributed by atoms with E-state index in [0.29, 0.717) is 0 Å². The fourth-order valence-electron chi connectivity index (χ4n) is 8.63. The molecule has 0 saturated heterocycles. The van der Waals surface area contributed by atoms with Crippen LogP contribution < -0.4 is 131 Å². The first-order valence-electron chi connectivity index (χ1n) is 19.6. The van der Waals surface area contributed by atoms with E-state index in [1.807, 2.05) is 0 Å². The highest BCUT2D eigenvalue weighted by Gasteiger charge is 2.30. The second-order valence-electron chi connectivity index (χ2n) is 16.0. The summed E-state index contributed by atoms with van der Waals surface area (Å²) in [5.41, 5.74) is -3.73. The van der Waals surface area contributed by atoms with Crippen molar-refractivity contribution in [2.75, 3.05) is 0 Å². The smallest absolute Gasteiger partial charge is 0.164 e. The Morgan fingerprint density at radius 1 is 0.235 bits per heavy atom. The number of furan rings is 1. The largest absolute Gasteiger partial charge is 0.455 e. The molecule has 0 aliphatic heterocycles. The second kappa shape index (κ2) is 16.5. The van der Waals surface area contributed by atoms with Crippen molar-refractivity contribution in [3.63, 3.8) is 0 Å². The second-order valence-corrected chi connectivity index (χ2v) is 16.0. The van der Waals surface area contributed by atoms with Gasteiger partial charge in [-0.15, -0.1) is 65.6 Å². The minimum Gasteiger partial charge on any atom is -0.455 e. The molecule has 0 spiro atoms. The third-order valence-electron chi connectivity index (χ3n) is 12.5. The van der Waals surface area contributed by atoms with Crippen LogP contribution in [0.4, 0.5) is 0 Å². The first-order valence-corrected chi connectivity index (χ1v) is 19.6. The Morgan fingerprint density at radius 2 is 0.515 bits per heavy atom. The molecule has 0 unspecified atom stereocenters. The van der Waals surface area contributed by atoms with E-state index in [0.717, 1.165) is 0 Å². The molecule has 0 N–H and O–H groups in total. The van der Waals surface area contributed by atoms with Crippen molar-refractivity contribution < 1.29 is 4.42 Å². The van der Waals surface area contributed by atoms with Crippen molar-refractivity contribution in [2.24, 2.45) is 0 Å². The molecule has 29 heteroatoms. The van der Waals surface area contributed by atoms with Gasteiger partial charge >= 0.3 is 0 Å². The molecule has 0 aliphatic rings. The Labute approximate surface area is 424 Å². The predicted octanol–water partition coefficient (Wildman–Crippen LogP) is -19.1. The molecule has 3 heterocycles. The first-order chi connectivity index (χ1) is 31.8. The molecule has 48 radical (unpaired) electrons. The van der Waals surface area contributed by atoms with Gasteiger partial charge in [0.1, 0.15) is 194 Å². The lowest BCUT2D eigenvalue weighted by molar-refractivity contribution is 0.670. The van der Waals surface area contributed by atoms with Crippen LogP contribution in [-0.2, 0) is 0 Å². The normalized spacial score (nSPS) is 11.8. The van der Waals surface area contributed by atoms with E-state index in [1.165, 1.54) is 4.57 Å². The van der Waals surface area contributed by atoms with Crippen LogP contribution in [0.1, 0.15) is 0 Å². The van der Waals surface area contributed by atoms with Gasteiger partial charge in [-0.05, 0) is 10.8 Å². The lowest BCUT2D eigenvalue weighted by Crippen LogP contribution is -2.55. The van der Waals surface area contributed by atoms with Crippen molar-refractivity contribution >= 4 is 363 Å². The van der Waals surface area contributed by atoms with Crippen LogP contribution >= 0.6 is 0 Å². The SMILES string of the molecule is [B]c1c([B])c([B])c(-c2nc(-c3c([B])c([B])c([B])c([B])c3[B])nc(-c3c([B])c([B])c([B])c4oc5c(-n6c7c([B])c([B])c([B])c([B])c7c7c([B])c([B])c([B])c([B])c76)c([B])c([B])c([B])c5c34)n2)c([B])c1[B]. The van der Waals surface area contributed by atoms with Gasteiger partial charge in [0, 0.05) is 38.5 Å². The summed E-state index contributed by atoms with van der Waals surface area (Å²) in [4.78, 5) is 14.2. The zero-order valence-electron chi connectivity index (χ0n) is 35.6. The summed E-state index contributed by atoms with van der Waals surface area (Å²) in [6.45, 7) is 0. The number of benzene rings is 6. The summed E-state index contributed by atoms with van der Waals surface area (Å²) in [7, 11) is 157. The standard InChI is InChI=1S/C39B24N4O/c40-8-2-3-9(41)17(49)27(59)29(61)33(3)67(32(2)28(60)26(58)16(8)48)34-30(62)22(54)10(42)4-1-5(11(43)23(55)31(63)35(1)68-36(4)34)37-64-38(6-12(44)18(50)24(56)19(51)13(6)45)66-39(65-37)7-14(46)20(52)25(57)21(53)15(7)47. The Morgan fingerprint density at radius 3 is 0.912 bits per heavy atom. The van der Waals surface area contributed by atoms with Crippen molar-refractivity contribution in [1.29, 1.82) is 0 Å². The monoisotopic (exact) mass is 804 g/mol. The summed E-state index contributed by atoms with van der Waals surface area (Å²) < 4.78 is 8.13. The van der Waals surface area contributed by atoms with Crippen molar-refractivity contribution in [2.45, 2.75) is 0 Å². The van der Waals surface area contributed by atoms with Gasteiger partial charge in [-0.25, -0.2) is 15.0 Å². The summed E-state index contributed by atoms with van der Waals surface area (Å²) in [6, 6.07) is 0. The maximum absolute atomic E-state index is 6.94. The van der Waals surface area contributed by atoms with Gasteiger partial charge in [-0.2, -0.15) is 0 Å². The maximum atomic E-state index is 6.94. The molecular formula is C39B24N4O. The lowest BCUT2D eigenvalue weighted by Gasteiger charge is -2.23. The molecular weight excluding hydrogens is 800 g/mol. The molecule has 3 aromatic heterocycles. The average Bonchev–Trinajstić information content (AvgIpc) is 3.88. The van der Waals surface area contributed by atoms with E-state index in [-0.39, 0.29) is 215 Å². The number of hydrogen-bond donors (Lipinski definition) is 0. The summed E-state index contributed by atoms with van der Waals surface area (Å²) in [5, 5.41) is 0.366. The van der Waals surface area contributed by atoms with E-state index in [4.69, 9.17) is 203 Å². The van der Waals surface area contributed by atoms with Crippen LogP contribution in [0.15, 0.2) is 4.42 Å². The zero-order valence-corrected chi connectivity index (χ0v) is 35.6. The molecule has 0 atom stereocenters. The Kier molecular flexibility index (Phi) is 11.8. The van der Waals surface area contributed by atoms with Gasteiger partial charge in [-0.1, -0.05) is 65.6 Å². The van der Waals surface area contributed by atoms with Crippen LogP contribution in [0, 0.1) is 0 Å². The van der Waals surface area contributed by atoms with Gasteiger partial charge in [-0.3, -0.25) is 0 Å². The molecule has 0 amide bonds. The van der Waals surface area contributed by atoms with Gasteiger partial charge in [0.25, 0.3) is 0 Å². The van der Waals surface area contributed by atoms with Gasteiger partial charge in [0.05, 0.1) is 5.69 Å². The summed E-state index contributed by atoms with van der Waals surface area (Å²) in [5.74, 6) is -0.852. The van der Waals surface area contributed by atoms with E-state index in [1.54, 1.807) is 0 Å². The minimum atomic E-state index is -0.295. The van der Waals surface area contributed by atoms with E-state index in [2.05, 4.69) is 4.98 Å². The molecule has 0 bridgehead atoms.